The summed E-state index contributed by atoms with van der Waals surface area (Å²) in [4.78, 5) is 23.6. The van der Waals surface area contributed by atoms with E-state index in [0.29, 0.717) is 28.4 Å². The van der Waals surface area contributed by atoms with Crippen molar-refractivity contribution in [3.8, 4) is 17.0 Å². The Hall–Kier alpha value is -3.43. The Morgan fingerprint density at radius 2 is 1.94 bits per heavy atom. The van der Waals surface area contributed by atoms with Crippen molar-refractivity contribution < 1.29 is 22.7 Å². The predicted octanol–water partition coefficient (Wildman–Crippen LogP) is 4.25. The van der Waals surface area contributed by atoms with Crippen molar-refractivity contribution in [2.75, 3.05) is 12.0 Å². The molecule has 3 aromatic rings. The normalized spacial score (nSPS) is 16.0. The highest BCUT2D eigenvalue weighted by atomic mass is 19.4. The third-order valence-electron chi connectivity index (χ3n) is 5.26. The molecule has 0 N–H and O–H groups in total. The zero-order chi connectivity index (χ0) is 22.5. The molecule has 1 aliphatic rings. The third-order valence-corrected chi connectivity index (χ3v) is 5.26. The summed E-state index contributed by atoms with van der Waals surface area (Å²) in [5.74, 6) is 0.311. The van der Waals surface area contributed by atoms with Crippen LogP contribution < -0.4 is 9.64 Å². The van der Waals surface area contributed by atoms with Crippen molar-refractivity contribution in [1.29, 1.82) is 0 Å². The standard InChI is InChI=1S/C21H20F3N5O2/c1-11-5-16(14-6-17(31-4)12(2)25-7-14)27-19-13(3)29(20(30)18(11)19)15-8-26-28(9-15)10-21(22,23)24/h5-9,13H,10H2,1-4H3/t13-/m1/s1. The molecule has 31 heavy (non-hydrogen) atoms. The summed E-state index contributed by atoms with van der Waals surface area (Å²) in [5, 5.41) is 3.75. The van der Waals surface area contributed by atoms with Crippen LogP contribution in [0.2, 0.25) is 0 Å². The predicted molar refractivity (Wildman–Crippen MR) is 107 cm³/mol. The number of carbonyl (C=O) groups is 1. The third kappa shape index (κ3) is 3.73. The maximum absolute atomic E-state index is 13.1. The highest BCUT2D eigenvalue weighted by Gasteiger charge is 2.39. The fourth-order valence-electron chi connectivity index (χ4n) is 3.79. The Morgan fingerprint density at radius 3 is 2.61 bits per heavy atom. The lowest BCUT2D eigenvalue weighted by molar-refractivity contribution is -0.142. The van der Waals surface area contributed by atoms with Crippen LogP contribution in [0.3, 0.4) is 0 Å². The number of ether oxygens (including phenoxy) is 1. The number of fused-ring (bicyclic) bond motifs is 1. The van der Waals surface area contributed by atoms with Crippen molar-refractivity contribution in [3.63, 3.8) is 0 Å². The highest BCUT2D eigenvalue weighted by Crippen LogP contribution is 2.39. The minimum absolute atomic E-state index is 0.291. The Bertz CT molecular complexity index is 1170. The molecule has 1 atom stereocenters. The van der Waals surface area contributed by atoms with Gasteiger partial charge in [-0.2, -0.15) is 18.3 Å². The number of aryl methyl sites for hydroxylation is 2. The van der Waals surface area contributed by atoms with Crippen molar-refractivity contribution in [2.45, 2.75) is 39.5 Å². The average Bonchev–Trinajstić information content (AvgIpc) is 3.23. The number of rotatable bonds is 4. The summed E-state index contributed by atoms with van der Waals surface area (Å²) in [6.45, 7) is 4.21. The second kappa shape index (κ2) is 7.36. The van der Waals surface area contributed by atoms with Gasteiger partial charge in [-0.05, 0) is 38.5 Å². The molecule has 4 heterocycles. The van der Waals surface area contributed by atoms with Crippen LogP contribution in [-0.2, 0) is 6.54 Å². The Morgan fingerprint density at radius 1 is 1.19 bits per heavy atom. The molecular weight excluding hydrogens is 411 g/mol. The minimum Gasteiger partial charge on any atom is -0.495 e. The van der Waals surface area contributed by atoms with Gasteiger partial charge in [0.1, 0.15) is 12.3 Å². The number of hydrogen-bond donors (Lipinski definition) is 0. The average molecular weight is 431 g/mol. The van der Waals surface area contributed by atoms with E-state index in [9.17, 15) is 18.0 Å². The van der Waals surface area contributed by atoms with Crippen molar-refractivity contribution in [1.82, 2.24) is 19.7 Å². The van der Waals surface area contributed by atoms with Gasteiger partial charge >= 0.3 is 6.18 Å². The first kappa shape index (κ1) is 20.8. The van der Waals surface area contributed by atoms with Crippen LogP contribution in [0.4, 0.5) is 18.9 Å². The Labute approximate surface area is 176 Å². The van der Waals surface area contributed by atoms with Crippen LogP contribution in [0.1, 0.15) is 40.3 Å². The van der Waals surface area contributed by atoms with Gasteiger partial charge in [0, 0.05) is 18.0 Å². The molecule has 3 aromatic heterocycles. The fraction of sp³-hybridized carbons (Fsp3) is 0.333. The van der Waals surface area contributed by atoms with Crippen molar-refractivity contribution in [2.24, 2.45) is 0 Å². The van der Waals surface area contributed by atoms with Gasteiger partial charge in [-0.25, -0.2) is 4.98 Å². The summed E-state index contributed by atoms with van der Waals surface area (Å²) in [5.41, 5.74) is 4.14. The molecule has 0 bridgehead atoms. The molecule has 4 rings (SSSR count). The molecular formula is C21H20F3N5O2. The molecule has 0 aliphatic carbocycles. The molecule has 0 unspecified atom stereocenters. The van der Waals surface area contributed by atoms with Gasteiger partial charge in [-0.15, -0.1) is 0 Å². The van der Waals surface area contributed by atoms with E-state index in [1.165, 1.54) is 17.3 Å². The number of alkyl halides is 3. The first-order valence-corrected chi connectivity index (χ1v) is 9.54. The topological polar surface area (TPSA) is 73.1 Å². The van der Waals surface area contributed by atoms with Crippen LogP contribution in [0, 0.1) is 13.8 Å². The minimum atomic E-state index is -4.40. The van der Waals surface area contributed by atoms with Gasteiger partial charge < -0.3 is 4.74 Å². The van der Waals surface area contributed by atoms with Crippen LogP contribution in [0.15, 0.2) is 30.7 Å². The lowest BCUT2D eigenvalue weighted by Crippen LogP contribution is -2.26. The van der Waals surface area contributed by atoms with E-state index in [4.69, 9.17) is 9.72 Å². The smallest absolute Gasteiger partial charge is 0.408 e. The zero-order valence-corrected chi connectivity index (χ0v) is 17.4. The number of hydrogen-bond acceptors (Lipinski definition) is 5. The number of aromatic nitrogens is 4. The molecule has 0 saturated heterocycles. The van der Waals surface area contributed by atoms with Crippen molar-refractivity contribution in [3.05, 3.63) is 53.2 Å². The Balaban J connectivity index is 1.72. The monoisotopic (exact) mass is 431 g/mol. The van der Waals surface area contributed by atoms with Crippen molar-refractivity contribution >= 4 is 11.6 Å². The number of pyridine rings is 2. The highest BCUT2D eigenvalue weighted by molar-refractivity contribution is 6.11. The number of nitrogens with zero attached hydrogens (tertiary/aromatic N) is 5. The van der Waals surface area contributed by atoms with E-state index in [-0.39, 0.29) is 5.91 Å². The molecule has 10 heteroatoms. The summed E-state index contributed by atoms with van der Waals surface area (Å²) in [6.07, 6.45) is -0.231. The van der Waals surface area contributed by atoms with Gasteiger partial charge in [0.05, 0.1) is 47.7 Å². The lowest BCUT2D eigenvalue weighted by atomic mass is 10.0. The summed E-state index contributed by atoms with van der Waals surface area (Å²) in [6, 6.07) is 3.16. The molecule has 0 fully saturated rings. The van der Waals surface area contributed by atoms with Gasteiger partial charge in [-0.3, -0.25) is 19.4 Å². The molecule has 0 aromatic carbocycles. The van der Waals surface area contributed by atoms with E-state index in [1.807, 2.05) is 19.9 Å². The van der Waals surface area contributed by atoms with Gasteiger partial charge in [0.15, 0.2) is 0 Å². The molecule has 0 spiro atoms. The van der Waals surface area contributed by atoms with Crippen LogP contribution >= 0.6 is 0 Å². The quantitative estimate of drug-likeness (QED) is 0.618. The number of methoxy groups -OCH3 is 1. The molecule has 162 valence electrons. The maximum Gasteiger partial charge on any atom is 0.408 e. The van der Waals surface area contributed by atoms with Gasteiger partial charge in [0.2, 0.25) is 0 Å². The van der Waals surface area contributed by atoms with E-state index in [0.717, 1.165) is 21.5 Å². The van der Waals surface area contributed by atoms with Crippen LogP contribution in [0.5, 0.6) is 5.75 Å². The van der Waals surface area contributed by atoms with E-state index in [1.54, 1.807) is 26.3 Å². The second-order valence-electron chi connectivity index (χ2n) is 7.46. The summed E-state index contributed by atoms with van der Waals surface area (Å²) in [7, 11) is 1.56. The van der Waals surface area contributed by atoms with Crippen LogP contribution in [-0.4, -0.2) is 38.9 Å². The maximum atomic E-state index is 13.1. The van der Waals surface area contributed by atoms with Gasteiger partial charge in [-0.1, -0.05) is 0 Å². The van der Waals surface area contributed by atoms with E-state index in [2.05, 4.69) is 10.1 Å². The first-order chi connectivity index (χ1) is 14.6. The first-order valence-electron chi connectivity index (χ1n) is 9.54. The number of halogens is 3. The number of anilines is 1. The molecule has 1 amide bonds. The fourth-order valence-corrected chi connectivity index (χ4v) is 3.79. The number of carbonyl (C=O) groups excluding carboxylic acids is 1. The molecule has 7 nitrogen and oxygen atoms in total. The van der Waals surface area contributed by atoms with E-state index < -0.39 is 18.8 Å². The molecule has 0 saturated carbocycles. The molecule has 1 aliphatic heterocycles. The van der Waals surface area contributed by atoms with Gasteiger partial charge in [0.25, 0.3) is 5.91 Å². The Kier molecular flexibility index (Phi) is 4.95. The second-order valence-corrected chi connectivity index (χ2v) is 7.46. The summed E-state index contributed by atoms with van der Waals surface area (Å²) < 4.78 is 44.1. The SMILES string of the molecule is COc1cc(-c2cc(C)c3c(n2)[C@@H](C)N(c2cnn(CC(F)(F)F)c2)C3=O)cnc1C. The molecule has 0 radical (unpaired) electrons. The summed E-state index contributed by atoms with van der Waals surface area (Å²) >= 11 is 0. The van der Waals surface area contributed by atoms with Crippen LogP contribution in [0.25, 0.3) is 11.3 Å². The number of amides is 1. The zero-order valence-electron chi connectivity index (χ0n) is 17.4. The van der Waals surface area contributed by atoms with E-state index >= 15 is 0 Å². The largest absolute Gasteiger partial charge is 0.495 e. The lowest BCUT2D eigenvalue weighted by Gasteiger charge is -2.19.